The van der Waals surface area contributed by atoms with Crippen LogP contribution in [-0.2, 0) is 17.4 Å². The van der Waals surface area contributed by atoms with Crippen molar-refractivity contribution in [1.82, 2.24) is 4.90 Å². The van der Waals surface area contributed by atoms with Crippen molar-refractivity contribution in [3.05, 3.63) is 101 Å². The van der Waals surface area contributed by atoms with Crippen LogP contribution in [0.5, 0.6) is 5.75 Å². The van der Waals surface area contributed by atoms with Crippen LogP contribution >= 0.6 is 0 Å². The Morgan fingerprint density at radius 1 is 0.976 bits per heavy atom. The van der Waals surface area contributed by atoms with E-state index in [2.05, 4.69) is 25.8 Å². The lowest BCUT2D eigenvalue weighted by Crippen LogP contribution is -2.44. The number of carbonyl (C=O) groups excluding carboxylic acids is 1. The molecule has 2 aromatic carbocycles. The molecule has 0 radical (unpaired) electrons. The molecule has 0 saturated carbocycles. The zero-order chi connectivity index (χ0) is 30.4. The van der Waals surface area contributed by atoms with Crippen molar-refractivity contribution in [2.45, 2.75) is 51.5 Å². The fourth-order valence-electron chi connectivity index (χ4n) is 4.17. The van der Waals surface area contributed by atoms with Crippen molar-refractivity contribution in [1.29, 1.82) is 0 Å². The van der Waals surface area contributed by atoms with Crippen molar-refractivity contribution in [3.63, 3.8) is 0 Å². The third kappa shape index (κ3) is 5.74. The van der Waals surface area contributed by atoms with Crippen molar-refractivity contribution in [3.8, 4) is 5.75 Å². The SMILES string of the molecule is CC(C)(C)[Si](C)(C)Oc1cccc(C2=CN3C(=O)/C(=C/c4ccc(C(F)(F)F)o4)N=C3C(Cc3ccccc3)=N2)c1F. The number of hydrogen-bond acceptors (Lipinski definition) is 5. The summed E-state index contributed by atoms with van der Waals surface area (Å²) in [6.07, 6.45) is -1.87. The van der Waals surface area contributed by atoms with Crippen molar-refractivity contribution in [2.75, 3.05) is 0 Å². The Labute approximate surface area is 241 Å². The molecule has 0 unspecified atom stereocenters. The molecule has 0 fully saturated rings. The molecule has 2 aliphatic rings. The summed E-state index contributed by atoms with van der Waals surface area (Å²) in [6.45, 7) is 10.2. The number of carbonyl (C=O) groups is 1. The Hall–Kier alpha value is -4.25. The summed E-state index contributed by atoms with van der Waals surface area (Å²) < 4.78 is 66.2. The molecule has 3 aromatic rings. The Morgan fingerprint density at radius 3 is 2.33 bits per heavy atom. The minimum atomic E-state index is -4.67. The van der Waals surface area contributed by atoms with E-state index in [1.54, 1.807) is 18.2 Å². The van der Waals surface area contributed by atoms with Gasteiger partial charge in [-0.3, -0.25) is 9.69 Å². The van der Waals surface area contributed by atoms with Gasteiger partial charge in [-0.1, -0.05) is 57.2 Å². The lowest BCUT2D eigenvalue weighted by Gasteiger charge is -2.36. The molecule has 0 atom stereocenters. The minimum Gasteiger partial charge on any atom is -0.542 e. The van der Waals surface area contributed by atoms with Gasteiger partial charge in [0.15, 0.2) is 11.7 Å². The van der Waals surface area contributed by atoms with Crippen LogP contribution in [0.4, 0.5) is 17.6 Å². The molecule has 11 heteroatoms. The summed E-state index contributed by atoms with van der Waals surface area (Å²) in [5.41, 5.74) is 1.45. The summed E-state index contributed by atoms with van der Waals surface area (Å²) in [5, 5.41) is -0.161. The van der Waals surface area contributed by atoms with E-state index in [9.17, 15) is 18.0 Å². The lowest BCUT2D eigenvalue weighted by molar-refractivity contribution is -0.153. The highest BCUT2D eigenvalue weighted by atomic mass is 28.4. The summed E-state index contributed by atoms with van der Waals surface area (Å²) >= 11 is 0. The Kier molecular flexibility index (Phi) is 7.34. The number of aliphatic imine (C=N–C) groups is 2. The van der Waals surface area contributed by atoms with Crippen LogP contribution in [0.3, 0.4) is 0 Å². The van der Waals surface area contributed by atoms with Crippen LogP contribution in [-0.4, -0.2) is 30.7 Å². The van der Waals surface area contributed by atoms with Crippen LogP contribution in [0.2, 0.25) is 18.1 Å². The fourth-order valence-corrected chi connectivity index (χ4v) is 5.18. The molecular weight excluding hydrogens is 566 g/mol. The molecule has 1 aromatic heterocycles. The lowest BCUT2D eigenvalue weighted by atomic mass is 10.0. The van der Waals surface area contributed by atoms with Crippen LogP contribution in [0, 0.1) is 5.82 Å². The third-order valence-electron chi connectivity index (χ3n) is 7.47. The second-order valence-electron chi connectivity index (χ2n) is 11.6. The summed E-state index contributed by atoms with van der Waals surface area (Å²) in [6, 6.07) is 16.1. The van der Waals surface area contributed by atoms with Crippen molar-refractivity contribution >= 4 is 37.5 Å². The summed E-state index contributed by atoms with van der Waals surface area (Å²) in [4.78, 5) is 23.8. The van der Waals surface area contributed by atoms with Crippen LogP contribution in [0.25, 0.3) is 11.8 Å². The first-order valence-corrected chi connectivity index (χ1v) is 16.2. The Morgan fingerprint density at radius 2 is 1.69 bits per heavy atom. The highest BCUT2D eigenvalue weighted by Gasteiger charge is 2.40. The van der Waals surface area contributed by atoms with Crippen LogP contribution < -0.4 is 4.43 Å². The zero-order valence-electron chi connectivity index (χ0n) is 23.7. The second-order valence-corrected chi connectivity index (χ2v) is 16.3. The van der Waals surface area contributed by atoms with Gasteiger partial charge >= 0.3 is 6.18 Å². The molecular formula is C31H29F4N3O3Si. The van der Waals surface area contributed by atoms with Gasteiger partial charge in [0.2, 0.25) is 5.76 Å². The van der Waals surface area contributed by atoms with Gasteiger partial charge in [-0.2, -0.15) is 13.2 Å². The molecule has 6 nitrogen and oxygen atoms in total. The number of fused-ring (bicyclic) bond motifs is 1. The number of nitrogens with zero attached hydrogens (tertiary/aromatic N) is 3. The standard InChI is InChI=1S/C31H29F4N3O3Si/c1-30(2,3)42(4,5)41-25-13-9-12-21(27(25)32)24-18-38-28(22(36-24)16-19-10-7-6-8-11-19)37-23(29(38)39)17-20-14-15-26(40-20)31(33,34)35/h6-15,17-18H,16H2,1-5H3/b23-17-. The Balaban J connectivity index is 1.56. The molecule has 5 rings (SSSR count). The van der Waals surface area contributed by atoms with Gasteiger partial charge in [-0.15, -0.1) is 0 Å². The molecule has 3 heterocycles. The van der Waals surface area contributed by atoms with Gasteiger partial charge in [-0.05, 0) is 48.0 Å². The number of benzene rings is 2. The first kappa shape index (κ1) is 29.2. The number of amides is 1. The van der Waals surface area contributed by atoms with Gasteiger partial charge in [-0.25, -0.2) is 14.4 Å². The van der Waals surface area contributed by atoms with E-state index >= 15 is 4.39 Å². The number of halogens is 4. The monoisotopic (exact) mass is 595 g/mol. The largest absolute Gasteiger partial charge is 0.542 e. The summed E-state index contributed by atoms with van der Waals surface area (Å²) in [7, 11) is -2.37. The van der Waals surface area contributed by atoms with Gasteiger partial charge in [0, 0.05) is 24.3 Å². The highest BCUT2D eigenvalue weighted by molar-refractivity contribution is 6.74. The molecule has 2 aliphatic heterocycles. The van der Waals surface area contributed by atoms with Crippen molar-refractivity contribution < 1.29 is 31.2 Å². The van der Waals surface area contributed by atoms with Crippen LogP contribution in [0.1, 0.15) is 43.4 Å². The first-order chi connectivity index (χ1) is 19.6. The first-order valence-electron chi connectivity index (χ1n) is 13.3. The van der Waals surface area contributed by atoms with E-state index in [4.69, 9.17) is 13.8 Å². The maximum Gasteiger partial charge on any atom is 0.449 e. The van der Waals surface area contributed by atoms with Gasteiger partial charge in [0.05, 0.1) is 11.4 Å². The van der Waals surface area contributed by atoms with E-state index in [0.717, 1.165) is 23.8 Å². The molecule has 0 saturated heterocycles. The van der Waals surface area contributed by atoms with E-state index in [-0.39, 0.29) is 45.8 Å². The molecule has 42 heavy (non-hydrogen) atoms. The number of rotatable bonds is 6. The van der Waals surface area contributed by atoms with Gasteiger partial charge in [0.1, 0.15) is 17.2 Å². The highest BCUT2D eigenvalue weighted by Crippen LogP contribution is 2.40. The number of furan rings is 1. The van der Waals surface area contributed by atoms with E-state index < -0.39 is 32.0 Å². The second kappa shape index (κ2) is 10.5. The average Bonchev–Trinajstić information content (AvgIpc) is 3.51. The fraction of sp³-hybridized carbons (Fsp3) is 0.258. The zero-order valence-corrected chi connectivity index (χ0v) is 24.7. The van der Waals surface area contributed by atoms with E-state index in [1.165, 1.54) is 11.1 Å². The quantitative estimate of drug-likeness (QED) is 0.164. The van der Waals surface area contributed by atoms with Crippen LogP contribution in [0.15, 0.2) is 87.0 Å². The Bertz CT molecular complexity index is 1660. The number of alkyl halides is 3. The number of amidine groups is 1. The predicted molar refractivity (Wildman–Crippen MR) is 156 cm³/mol. The predicted octanol–water partition coefficient (Wildman–Crippen LogP) is 8.10. The molecule has 0 aliphatic carbocycles. The smallest absolute Gasteiger partial charge is 0.449 e. The topological polar surface area (TPSA) is 67.4 Å². The average molecular weight is 596 g/mol. The maximum absolute atomic E-state index is 16.0. The van der Waals surface area contributed by atoms with E-state index in [1.807, 2.05) is 43.4 Å². The van der Waals surface area contributed by atoms with E-state index in [0.29, 0.717) is 5.71 Å². The minimum absolute atomic E-state index is 0.103. The molecule has 0 N–H and O–H groups in total. The van der Waals surface area contributed by atoms with Gasteiger partial charge in [0.25, 0.3) is 14.2 Å². The van der Waals surface area contributed by atoms with Gasteiger partial charge < -0.3 is 8.84 Å². The molecule has 0 spiro atoms. The maximum atomic E-state index is 16.0. The summed E-state index contributed by atoms with van der Waals surface area (Å²) in [5.74, 6) is -2.27. The molecule has 0 bridgehead atoms. The van der Waals surface area contributed by atoms with Crippen molar-refractivity contribution in [2.24, 2.45) is 9.98 Å². The molecule has 218 valence electrons. The number of hydrogen-bond donors (Lipinski definition) is 0. The normalized spacial score (nSPS) is 16.8. The third-order valence-corrected chi connectivity index (χ3v) is 11.8. The molecule has 1 amide bonds.